The molecule has 0 spiro atoms. The third-order valence-corrected chi connectivity index (χ3v) is 4.34. The van der Waals surface area contributed by atoms with Gasteiger partial charge in [-0.25, -0.2) is 15.0 Å². The fourth-order valence-corrected chi connectivity index (χ4v) is 3.03. The molecule has 0 saturated carbocycles. The molecule has 0 unspecified atom stereocenters. The van der Waals surface area contributed by atoms with Gasteiger partial charge in [0.15, 0.2) is 0 Å². The Labute approximate surface area is 163 Å². The van der Waals surface area contributed by atoms with Crippen LogP contribution < -0.4 is 10.1 Å². The number of nitrogens with one attached hydrogen (secondary N) is 2. The monoisotopic (exact) mass is 371 g/mol. The molecule has 2 heterocycles. The fourth-order valence-electron chi connectivity index (χ4n) is 3.03. The Bertz CT molecular complexity index is 1110. The van der Waals surface area contributed by atoms with Gasteiger partial charge in [-0.1, -0.05) is 30.3 Å². The largest absolute Gasteiger partial charge is 0.496 e. The predicted octanol–water partition coefficient (Wildman–Crippen LogP) is 4.90. The smallest absolute Gasteiger partial charge is 0.227 e. The molecule has 0 fully saturated rings. The van der Waals surface area contributed by atoms with E-state index in [9.17, 15) is 0 Å². The van der Waals surface area contributed by atoms with Gasteiger partial charge in [0.05, 0.1) is 24.1 Å². The van der Waals surface area contributed by atoms with Gasteiger partial charge in [-0.05, 0) is 32.0 Å². The van der Waals surface area contributed by atoms with E-state index in [1.807, 2.05) is 74.6 Å². The minimum Gasteiger partial charge on any atom is -0.496 e. The van der Waals surface area contributed by atoms with E-state index in [1.165, 1.54) is 0 Å². The topological polar surface area (TPSA) is 75.7 Å². The van der Waals surface area contributed by atoms with E-state index in [0.717, 1.165) is 45.5 Å². The summed E-state index contributed by atoms with van der Waals surface area (Å²) in [4.78, 5) is 16.8. The standard InChI is InChI=1S/C22H21N5O/c1-14-11-19(16-7-5-4-6-8-16)27-22(25-14)26-17-9-10-18(20(12-17)28-3)21-23-13-15(2)24-21/h4-13H,1-3H3,(H,23,24)(H,25,26,27). The highest BCUT2D eigenvalue weighted by Gasteiger charge is 2.11. The summed E-state index contributed by atoms with van der Waals surface area (Å²) in [6, 6.07) is 17.9. The van der Waals surface area contributed by atoms with Crippen molar-refractivity contribution in [3.8, 4) is 28.4 Å². The maximum absolute atomic E-state index is 5.56. The van der Waals surface area contributed by atoms with Crippen LogP contribution in [0.25, 0.3) is 22.6 Å². The van der Waals surface area contributed by atoms with Gasteiger partial charge in [0.1, 0.15) is 11.6 Å². The van der Waals surface area contributed by atoms with Crippen molar-refractivity contribution in [2.75, 3.05) is 12.4 Å². The second kappa shape index (κ2) is 7.52. The first-order chi connectivity index (χ1) is 13.6. The van der Waals surface area contributed by atoms with Gasteiger partial charge in [-0.15, -0.1) is 0 Å². The van der Waals surface area contributed by atoms with Crippen LogP contribution in [0, 0.1) is 13.8 Å². The van der Waals surface area contributed by atoms with E-state index in [0.29, 0.717) is 5.95 Å². The van der Waals surface area contributed by atoms with Gasteiger partial charge in [-0.3, -0.25) is 0 Å². The lowest BCUT2D eigenvalue weighted by atomic mass is 10.1. The summed E-state index contributed by atoms with van der Waals surface area (Å²) >= 11 is 0. The minimum absolute atomic E-state index is 0.544. The van der Waals surface area contributed by atoms with E-state index in [-0.39, 0.29) is 0 Å². The highest BCUT2D eigenvalue weighted by molar-refractivity contribution is 5.71. The molecule has 2 aromatic carbocycles. The molecule has 0 radical (unpaired) electrons. The van der Waals surface area contributed by atoms with E-state index < -0.39 is 0 Å². The van der Waals surface area contributed by atoms with Crippen molar-refractivity contribution < 1.29 is 4.74 Å². The zero-order valence-corrected chi connectivity index (χ0v) is 16.0. The summed E-state index contributed by atoms with van der Waals surface area (Å²) in [5.74, 6) is 2.04. The van der Waals surface area contributed by atoms with Crippen molar-refractivity contribution in [3.63, 3.8) is 0 Å². The van der Waals surface area contributed by atoms with Crippen LogP contribution in [0.15, 0.2) is 60.8 Å². The summed E-state index contributed by atoms with van der Waals surface area (Å²) in [7, 11) is 1.65. The van der Waals surface area contributed by atoms with E-state index in [4.69, 9.17) is 4.74 Å². The molecule has 6 heteroatoms. The Hall–Kier alpha value is -3.67. The molecule has 0 aliphatic carbocycles. The second-order valence-electron chi connectivity index (χ2n) is 6.51. The van der Waals surface area contributed by atoms with Crippen LogP contribution in [-0.2, 0) is 0 Å². The quantitative estimate of drug-likeness (QED) is 0.522. The number of anilines is 2. The molecular weight excluding hydrogens is 350 g/mol. The van der Waals surface area contributed by atoms with Gasteiger partial charge in [0.25, 0.3) is 0 Å². The molecule has 6 nitrogen and oxygen atoms in total. The van der Waals surface area contributed by atoms with E-state index in [1.54, 1.807) is 7.11 Å². The first kappa shape index (κ1) is 17.7. The lowest BCUT2D eigenvalue weighted by molar-refractivity contribution is 0.416. The number of hydrogen-bond acceptors (Lipinski definition) is 5. The van der Waals surface area contributed by atoms with Gasteiger partial charge < -0.3 is 15.0 Å². The second-order valence-corrected chi connectivity index (χ2v) is 6.51. The summed E-state index contributed by atoms with van der Waals surface area (Å²) in [5, 5.41) is 3.28. The molecule has 0 aliphatic rings. The van der Waals surface area contributed by atoms with E-state index in [2.05, 4.69) is 25.3 Å². The molecule has 4 rings (SSSR count). The number of imidazole rings is 1. The first-order valence-corrected chi connectivity index (χ1v) is 9.01. The van der Waals surface area contributed by atoms with Crippen molar-refractivity contribution in [2.24, 2.45) is 0 Å². The first-order valence-electron chi connectivity index (χ1n) is 9.01. The number of H-pyrrole nitrogens is 1. The molecule has 0 aliphatic heterocycles. The van der Waals surface area contributed by atoms with Crippen molar-refractivity contribution in [1.82, 2.24) is 19.9 Å². The van der Waals surface area contributed by atoms with Gasteiger partial charge >= 0.3 is 0 Å². The number of methoxy groups -OCH3 is 1. The number of ether oxygens (including phenoxy) is 1. The Morgan fingerprint density at radius 1 is 0.893 bits per heavy atom. The highest BCUT2D eigenvalue weighted by Crippen LogP contribution is 2.31. The Kier molecular flexibility index (Phi) is 4.76. The lowest BCUT2D eigenvalue weighted by Gasteiger charge is -2.11. The summed E-state index contributed by atoms with van der Waals surface area (Å²) in [6.45, 7) is 3.91. The average Bonchev–Trinajstić information content (AvgIpc) is 3.14. The average molecular weight is 371 g/mol. The number of aromatic nitrogens is 4. The Morgan fingerprint density at radius 3 is 2.43 bits per heavy atom. The van der Waals surface area contributed by atoms with Gasteiger partial charge in [-0.2, -0.15) is 0 Å². The number of hydrogen-bond donors (Lipinski definition) is 2. The van der Waals surface area contributed by atoms with Crippen molar-refractivity contribution in [3.05, 3.63) is 72.2 Å². The molecule has 2 N–H and O–H groups in total. The minimum atomic E-state index is 0.544. The maximum Gasteiger partial charge on any atom is 0.227 e. The van der Waals surface area contributed by atoms with E-state index >= 15 is 0 Å². The highest BCUT2D eigenvalue weighted by atomic mass is 16.5. The Morgan fingerprint density at radius 2 is 1.71 bits per heavy atom. The van der Waals surface area contributed by atoms with Crippen molar-refractivity contribution in [1.29, 1.82) is 0 Å². The molecular formula is C22H21N5O. The molecule has 28 heavy (non-hydrogen) atoms. The predicted molar refractivity (Wildman–Crippen MR) is 111 cm³/mol. The summed E-state index contributed by atoms with van der Waals surface area (Å²) < 4.78 is 5.56. The van der Waals surface area contributed by atoms with Crippen molar-refractivity contribution in [2.45, 2.75) is 13.8 Å². The van der Waals surface area contributed by atoms with Crippen LogP contribution >= 0.6 is 0 Å². The zero-order valence-electron chi connectivity index (χ0n) is 16.0. The Balaban J connectivity index is 1.65. The number of rotatable bonds is 5. The number of nitrogens with zero attached hydrogens (tertiary/aromatic N) is 3. The molecule has 0 bridgehead atoms. The molecule has 0 atom stereocenters. The van der Waals surface area contributed by atoms with Crippen molar-refractivity contribution >= 4 is 11.6 Å². The summed E-state index contributed by atoms with van der Waals surface area (Å²) in [5.41, 5.74) is 5.50. The normalized spacial score (nSPS) is 10.7. The van der Waals surface area contributed by atoms with Crippen LogP contribution in [0.3, 0.4) is 0 Å². The number of aromatic amines is 1. The third-order valence-electron chi connectivity index (χ3n) is 4.34. The van der Waals surface area contributed by atoms with Crippen LogP contribution in [0.1, 0.15) is 11.4 Å². The van der Waals surface area contributed by atoms with Gasteiger partial charge in [0.2, 0.25) is 5.95 Å². The van der Waals surface area contributed by atoms with Crippen LogP contribution in [0.5, 0.6) is 5.75 Å². The third kappa shape index (κ3) is 3.71. The molecule has 0 saturated heterocycles. The summed E-state index contributed by atoms with van der Waals surface area (Å²) in [6.07, 6.45) is 1.87. The molecule has 2 aromatic heterocycles. The number of benzene rings is 2. The SMILES string of the molecule is COc1cc(Nc2nc(C)cc(-c3ccccc3)n2)ccc1-c1nc(C)c[nH]1. The van der Waals surface area contributed by atoms with Crippen LogP contribution in [0.4, 0.5) is 11.6 Å². The number of aryl methyl sites for hydroxylation is 2. The van der Waals surface area contributed by atoms with Crippen LogP contribution in [0.2, 0.25) is 0 Å². The van der Waals surface area contributed by atoms with Crippen LogP contribution in [-0.4, -0.2) is 27.0 Å². The molecule has 0 amide bonds. The lowest BCUT2D eigenvalue weighted by Crippen LogP contribution is -2.01. The molecule has 140 valence electrons. The van der Waals surface area contributed by atoms with Gasteiger partial charge in [0, 0.05) is 29.2 Å². The maximum atomic E-state index is 5.56. The fraction of sp³-hybridized carbons (Fsp3) is 0.136. The molecule has 4 aromatic rings. The zero-order chi connectivity index (χ0) is 19.5.